The van der Waals surface area contributed by atoms with E-state index in [-0.39, 0.29) is 17.8 Å². The largest absolute Gasteiger partial charge is 0.368 e. The lowest BCUT2D eigenvalue weighted by Gasteiger charge is -2.09. The molecule has 1 aromatic carbocycles. The zero-order chi connectivity index (χ0) is 10.7. The second kappa shape index (κ2) is 4.40. The number of anilines is 1. The Balaban J connectivity index is 1.96. The number of hydrogen-bond acceptors (Lipinski definition) is 2. The second-order valence-electron chi connectivity index (χ2n) is 3.50. The fourth-order valence-electron chi connectivity index (χ4n) is 1.54. The molecule has 1 heterocycles. The molecule has 0 saturated carbocycles. The van der Waals surface area contributed by atoms with Crippen molar-refractivity contribution in [2.75, 3.05) is 11.9 Å². The van der Waals surface area contributed by atoms with Crippen LogP contribution >= 0.6 is 0 Å². The summed E-state index contributed by atoms with van der Waals surface area (Å²) < 4.78 is 17.8. The molecule has 1 fully saturated rings. The van der Waals surface area contributed by atoms with Crippen molar-refractivity contribution >= 4 is 11.6 Å². The Morgan fingerprint density at radius 1 is 1.40 bits per heavy atom. The summed E-state index contributed by atoms with van der Waals surface area (Å²) in [6.45, 7) is 0.640. The predicted octanol–water partition coefficient (Wildman–Crippen LogP) is 1.94. The number of ether oxygens (including phenoxy) is 1. The topological polar surface area (TPSA) is 38.3 Å². The van der Waals surface area contributed by atoms with Gasteiger partial charge >= 0.3 is 0 Å². The molecular weight excluding hydrogens is 197 g/mol. The Bertz CT molecular complexity index is 344. The van der Waals surface area contributed by atoms with E-state index in [4.69, 9.17) is 4.74 Å². The van der Waals surface area contributed by atoms with Crippen LogP contribution in [0, 0.1) is 5.82 Å². The molecule has 0 aromatic heterocycles. The molecular formula is C11H12FNO2. The van der Waals surface area contributed by atoms with E-state index in [9.17, 15) is 9.18 Å². The lowest BCUT2D eigenvalue weighted by molar-refractivity contribution is -0.124. The zero-order valence-corrected chi connectivity index (χ0v) is 8.20. The second-order valence-corrected chi connectivity index (χ2v) is 3.50. The summed E-state index contributed by atoms with van der Waals surface area (Å²) in [6.07, 6.45) is 1.32. The molecule has 15 heavy (non-hydrogen) atoms. The Labute approximate surface area is 87.2 Å². The van der Waals surface area contributed by atoms with Crippen LogP contribution in [0.2, 0.25) is 0 Å². The monoisotopic (exact) mass is 209 g/mol. The van der Waals surface area contributed by atoms with Gasteiger partial charge in [-0.15, -0.1) is 0 Å². The maximum Gasteiger partial charge on any atom is 0.253 e. The molecule has 0 unspecified atom stereocenters. The van der Waals surface area contributed by atoms with Crippen molar-refractivity contribution in [3.05, 3.63) is 30.1 Å². The van der Waals surface area contributed by atoms with Gasteiger partial charge < -0.3 is 10.1 Å². The van der Waals surface area contributed by atoms with Crippen molar-refractivity contribution in [1.29, 1.82) is 0 Å². The van der Waals surface area contributed by atoms with E-state index in [2.05, 4.69) is 5.32 Å². The van der Waals surface area contributed by atoms with E-state index in [1.807, 2.05) is 0 Å². The number of benzene rings is 1. The standard InChI is InChI=1S/C11H12FNO2/c12-8-3-5-9(6-4-8)13-11(14)10-2-1-7-15-10/h3-6,10H,1-2,7H2,(H,13,14)/t10-/m0/s1. The Kier molecular flexibility index (Phi) is 2.97. The van der Waals surface area contributed by atoms with Gasteiger partial charge in [0, 0.05) is 12.3 Å². The lowest BCUT2D eigenvalue weighted by atomic mass is 10.2. The molecule has 1 aliphatic rings. The SMILES string of the molecule is O=C(Nc1ccc(F)cc1)[C@@H]1CCCO1. The van der Waals surface area contributed by atoms with Gasteiger partial charge in [-0.25, -0.2) is 4.39 Å². The molecule has 1 aliphatic heterocycles. The van der Waals surface area contributed by atoms with E-state index in [0.29, 0.717) is 12.3 Å². The van der Waals surface area contributed by atoms with E-state index in [1.54, 1.807) is 0 Å². The van der Waals surface area contributed by atoms with Gasteiger partial charge in [-0.3, -0.25) is 4.79 Å². The molecule has 0 bridgehead atoms. The first-order chi connectivity index (χ1) is 7.25. The normalized spacial score (nSPS) is 20.2. The fourth-order valence-corrected chi connectivity index (χ4v) is 1.54. The van der Waals surface area contributed by atoms with Crippen LogP contribution < -0.4 is 5.32 Å². The van der Waals surface area contributed by atoms with E-state index >= 15 is 0 Å². The molecule has 1 N–H and O–H groups in total. The highest BCUT2D eigenvalue weighted by molar-refractivity contribution is 5.94. The van der Waals surface area contributed by atoms with Crippen LogP contribution in [0.4, 0.5) is 10.1 Å². The summed E-state index contributed by atoms with van der Waals surface area (Å²) in [6, 6.07) is 5.68. The first-order valence-corrected chi connectivity index (χ1v) is 4.94. The van der Waals surface area contributed by atoms with E-state index in [1.165, 1.54) is 24.3 Å². The van der Waals surface area contributed by atoms with Crippen molar-refractivity contribution in [1.82, 2.24) is 0 Å². The molecule has 4 heteroatoms. The third kappa shape index (κ3) is 2.53. The minimum atomic E-state index is -0.352. The van der Waals surface area contributed by atoms with Crippen molar-refractivity contribution in [3.63, 3.8) is 0 Å². The molecule has 1 atom stereocenters. The number of nitrogens with one attached hydrogen (secondary N) is 1. The zero-order valence-electron chi connectivity index (χ0n) is 8.20. The van der Waals surface area contributed by atoms with Crippen LogP contribution in [0.1, 0.15) is 12.8 Å². The molecule has 3 nitrogen and oxygen atoms in total. The van der Waals surface area contributed by atoms with Gasteiger partial charge in [0.1, 0.15) is 11.9 Å². The summed E-state index contributed by atoms with van der Waals surface area (Å²) in [7, 11) is 0. The van der Waals surface area contributed by atoms with Crippen LogP contribution in [-0.4, -0.2) is 18.6 Å². The number of amides is 1. The van der Waals surface area contributed by atoms with Gasteiger partial charge in [0.05, 0.1) is 0 Å². The van der Waals surface area contributed by atoms with Crippen LogP contribution in [0.15, 0.2) is 24.3 Å². The number of rotatable bonds is 2. The van der Waals surface area contributed by atoms with Crippen molar-refractivity contribution in [3.8, 4) is 0 Å². The smallest absolute Gasteiger partial charge is 0.253 e. The first-order valence-electron chi connectivity index (χ1n) is 4.94. The third-order valence-corrected chi connectivity index (χ3v) is 2.33. The summed E-state index contributed by atoms with van der Waals surface area (Å²) >= 11 is 0. The van der Waals surface area contributed by atoms with Gasteiger partial charge in [-0.05, 0) is 37.1 Å². The number of hydrogen-bond donors (Lipinski definition) is 1. The number of carbonyl (C=O) groups excluding carboxylic acids is 1. The third-order valence-electron chi connectivity index (χ3n) is 2.33. The molecule has 0 spiro atoms. The van der Waals surface area contributed by atoms with Gasteiger partial charge in [-0.1, -0.05) is 0 Å². The quantitative estimate of drug-likeness (QED) is 0.808. The first kappa shape index (κ1) is 10.1. The summed E-state index contributed by atoms with van der Waals surface area (Å²) in [5.41, 5.74) is 0.594. The highest BCUT2D eigenvalue weighted by atomic mass is 19.1. The molecule has 0 aliphatic carbocycles. The fraction of sp³-hybridized carbons (Fsp3) is 0.364. The highest BCUT2D eigenvalue weighted by Crippen LogP contribution is 2.15. The average molecular weight is 209 g/mol. The maximum absolute atomic E-state index is 12.6. The molecule has 2 rings (SSSR count). The van der Waals surface area contributed by atoms with Crippen molar-refractivity contribution < 1.29 is 13.9 Å². The van der Waals surface area contributed by atoms with Crippen molar-refractivity contribution in [2.45, 2.75) is 18.9 Å². The summed E-state index contributed by atoms with van der Waals surface area (Å²) in [5, 5.41) is 2.68. The van der Waals surface area contributed by atoms with Gasteiger partial charge in [-0.2, -0.15) is 0 Å². The van der Waals surface area contributed by atoms with Gasteiger partial charge in [0.15, 0.2) is 0 Å². The average Bonchev–Trinajstić information content (AvgIpc) is 2.74. The van der Waals surface area contributed by atoms with E-state index < -0.39 is 0 Å². The summed E-state index contributed by atoms with van der Waals surface area (Å²) in [4.78, 5) is 11.6. The molecule has 1 amide bonds. The molecule has 1 saturated heterocycles. The Morgan fingerprint density at radius 3 is 2.73 bits per heavy atom. The van der Waals surface area contributed by atoms with Crippen LogP contribution in [0.25, 0.3) is 0 Å². The van der Waals surface area contributed by atoms with Gasteiger partial charge in [0.25, 0.3) is 5.91 Å². The van der Waals surface area contributed by atoms with Crippen LogP contribution in [-0.2, 0) is 9.53 Å². The maximum atomic E-state index is 12.6. The predicted molar refractivity (Wildman–Crippen MR) is 54.0 cm³/mol. The Hall–Kier alpha value is -1.42. The molecule has 80 valence electrons. The summed E-state index contributed by atoms with van der Waals surface area (Å²) in [5.74, 6) is -0.468. The number of halogens is 1. The molecule has 1 aromatic rings. The van der Waals surface area contributed by atoms with Gasteiger partial charge in [0.2, 0.25) is 0 Å². The molecule has 0 radical (unpaired) electrons. The van der Waals surface area contributed by atoms with Crippen LogP contribution in [0.5, 0.6) is 0 Å². The van der Waals surface area contributed by atoms with Crippen LogP contribution in [0.3, 0.4) is 0 Å². The van der Waals surface area contributed by atoms with Crippen molar-refractivity contribution in [2.24, 2.45) is 0 Å². The highest BCUT2D eigenvalue weighted by Gasteiger charge is 2.23. The number of carbonyl (C=O) groups is 1. The Morgan fingerprint density at radius 2 is 2.13 bits per heavy atom. The minimum Gasteiger partial charge on any atom is -0.368 e. The lowest BCUT2D eigenvalue weighted by Crippen LogP contribution is -2.26. The van der Waals surface area contributed by atoms with E-state index in [0.717, 1.165) is 12.8 Å². The minimum absolute atomic E-state index is 0.154.